The van der Waals surface area contributed by atoms with Crippen molar-refractivity contribution in [2.75, 3.05) is 11.9 Å². The third kappa shape index (κ3) is 4.97. The predicted molar refractivity (Wildman–Crippen MR) is 98.4 cm³/mol. The van der Waals surface area contributed by atoms with Gasteiger partial charge in [0.15, 0.2) is 0 Å². The van der Waals surface area contributed by atoms with Crippen LogP contribution in [-0.4, -0.2) is 18.6 Å². The second-order valence-electron chi connectivity index (χ2n) is 7.28. The molecule has 1 aliphatic heterocycles. The summed E-state index contributed by atoms with van der Waals surface area (Å²) in [4.78, 5) is 12.5. The van der Waals surface area contributed by atoms with Gasteiger partial charge in [-0.05, 0) is 36.5 Å². The van der Waals surface area contributed by atoms with Crippen LogP contribution in [0.25, 0.3) is 0 Å². The Morgan fingerprint density at radius 1 is 1.04 bits per heavy atom. The van der Waals surface area contributed by atoms with Gasteiger partial charge >= 0.3 is 0 Å². The molecule has 24 heavy (non-hydrogen) atoms. The van der Waals surface area contributed by atoms with E-state index in [2.05, 4.69) is 5.32 Å². The van der Waals surface area contributed by atoms with Crippen molar-refractivity contribution < 1.29 is 9.53 Å². The van der Waals surface area contributed by atoms with Gasteiger partial charge < -0.3 is 10.1 Å². The zero-order valence-corrected chi connectivity index (χ0v) is 15.1. The summed E-state index contributed by atoms with van der Waals surface area (Å²) in [7, 11) is 0. The van der Waals surface area contributed by atoms with Crippen molar-refractivity contribution in [3.8, 4) is 0 Å². The lowest BCUT2D eigenvalue weighted by molar-refractivity contribution is -0.124. The Morgan fingerprint density at radius 3 is 2.46 bits per heavy atom. The topological polar surface area (TPSA) is 38.3 Å². The van der Waals surface area contributed by atoms with Gasteiger partial charge in [-0.25, -0.2) is 0 Å². The molecule has 132 valence electrons. The molecule has 2 aliphatic rings. The highest BCUT2D eigenvalue weighted by molar-refractivity contribution is 6.30. The van der Waals surface area contributed by atoms with Gasteiger partial charge in [-0.1, -0.05) is 69.0 Å². The van der Waals surface area contributed by atoms with Crippen LogP contribution in [0.1, 0.15) is 57.8 Å². The number of carbonyl (C=O) groups excluding carboxylic acids is 1. The van der Waals surface area contributed by atoms with E-state index in [0.29, 0.717) is 10.9 Å². The summed E-state index contributed by atoms with van der Waals surface area (Å²) >= 11 is 5.97. The Labute approximate surface area is 150 Å². The molecule has 1 amide bonds. The van der Waals surface area contributed by atoms with Crippen LogP contribution in [0, 0.1) is 11.8 Å². The van der Waals surface area contributed by atoms with E-state index in [1.165, 1.54) is 51.4 Å². The van der Waals surface area contributed by atoms with E-state index in [4.69, 9.17) is 16.3 Å². The van der Waals surface area contributed by atoms with Crippen LogP contribution in [0.4, 0.5) is 5.69 Å². The second-order valence-corrected chi connectivity index (χ2v) is 7.71. The number of benzene rings is 1. The van der Waals surface area contributed by atoms with Crippen molar-refractivity contribution in [1.29, 1.82) is 0 Å². The molecule has 1 N–H and O–H groups in total. The molecule has 1 aromatic rings. The summed E-state index contributed by atoms with van der Waals surface area (Å²) in [5.41, 5.74) is 0.738. The van der Waals surface area contributed by atoms with Crippen molar-refractivity contribution in [2.45, 2.75) is 63.9 Å². The summed E-state index contributed by atoms with van der Waals surface area (Å²) in [6, 6.07) is 7.27. The molecule has 3 rings (SSSR count). The van der Waals surface area contributed by atoms with E-state index >= 15 is 0 Å². The highest BCUT2D eigenvalue weighted by Gasteiger charge is 2.35. The van der Waals surface area contributed by atoms with Gasteiger partial charge in [-0.3, -0.25) is 4.79 Å². The molecular weight excluding hydrogens is 322 g/mol. The van der Waals surface area contributed by atoms with Crippen LogP contribution in [0.2, 0.25) is 5.02 Å². The molecule has 1 saturated carbocycles. The maximum Gasteiger partial charge on any atom is 0.253 e. The number of ether oxygens (including phenoxy) is 1. The maximum absolute atomic E-state index is 12.5. The molecule has 1 saturated heterocycles. The summed E-state index contributed by atoms with van der Waals surface area (Å²) in [6.45, 7) is 0.734. The summed E-state index contributed by atoms with van der Waals surface area (Å²) in [5.74, 6) is 1.23. The highest BCUT2D eigenvalue weighted by Crippen LogP contribution is 2.35. The summed E-state index contributed by atoms with van der Waals surface area (Å²) < 4.78 is 5.84. The van der Waals surface area contributed by atoms with Crippen molar-refractivity contribution in [1.82, 2.24) is 0 Å². The van der Waals surface area contributed by atoms with Crippen LogP contribution < -0.4 is 5.32 Å². The Morgan fingerprint density at radius 2 is 1.75 bits per heavy atom. The lowest BCUT2D eigenvalue weighted by atomic mass is 9.83. The van der Waals surface area contributed by atoms with Crippen LogP contribution in [-0.2, 0) is 9.53 Å². The zero-order chi connectivity index (χ0) is 16.8. The molecule has 2 atom stereocenters. The fourth-order valence-electron chi connectivity index (χ4n) is 4.09. The molecule has 0 spiro atoms. The number of rotatable bonds is 3. The Balaban J connectivity index is 1.52. The molecule has 4 heteroatoms. The smallest absolute Gasteiger partial charge is 0.253 e. The fourth-order valence-corrected chi connectivity index (χ4v) is 4.28. The average Bonchev–Trinajstić information content (AvgIpc) is 3.08. The molecule has 3 nitrogen and oxygen atoms in total. The molecule has 1 aromatic carbocycles. The van der Waals surface area contributed by atoms with Gasteiger partial charge in [0.25, 0.3) is 5.91 Å². The van der Waals surface area contributed by atoms with E-state index in [1.54, 1.807) is 12.1 Å². The van der Waals surface area contributed by atoms with Gasteiger partial charge in [-0.2, -0.15) is 0 Å². The van der Waals surface area contributed by atoms with E-state index < -0.39 is 0 Å². The van der Waals surface area contributed by atoms with E-state index in [-0.39, 0.29) is 12.0 Å². The molecular formula is C20H28ClNO2. The Bertz CT molecular complexity index is 538. The lowest BCUT2D eigenvalue weighted by Crippen LogP contribution is -2.27. The first-order valence-electron chi connectivity index (χ1n) is 9.40. The quantitative estimate of drug-likeness (QED) is 0.789. The third-order valence-electron chi connectivity index (χ3n) is 5.48. The number of hydrogen-bond donors (Lipinski definition) is 1. The summed E-state index contributed by atoms with van der Waals surface area (Å²) in [6.07, 6.45) is 11.3. The Hall–Kier alpha value is -1.06. The number of anilines is 1. The van der Waals surface area contributed by atoms with Gasteiger partial charge in [0.1, 0.15) is 6.10 Å². The minimum Gasteiger partial charge on any atom is -0.368 e. The molecule has 2 fully saturated rings. The van der Waals surface area contributed by atoms with E-state index in [9.17, 15) is 4.79 Å². The second kappa shape index (κ2) is 8.87. The largest absolute Gasteiger partial charge is 0.368 e. The molecule has 0 radical (unpaired) electrons. The molecule has 1 heterocycles. The molecule has 2 unspecified atom stereocenters. The van der Waals surface area contributed by atoms with Gasteiger partial charge in [-0.15, -0.1) is 0 Å². The average molecular weight is 350 g/mol. The van der Waals surface area contributed by atoms with E-state index in [0.717, 1.165) is 24.6 Å². The van der Waals surface area contributed by atoms with Gasteiger partial charge in [0.05, 0.1) is 6.61 Å². The highest BCUT2D eigenvalue weighted by atomic mass is 35.5. The molecule has 1 aliphatic carbocycles. The van der Waals surface area contributed by atoms with Crippen LogP contribution in [0.15, 0.2) is 24.3 Å². The lowest BCUT2D eigenvalue weighted by Gasteiger charge is -2.21. The predicted octanol–water partition coefficient (Wildman–Crippen LogP) is 5.43. The third-order valence-corrected chi connectivity index (χ3v) is 5.71. The SMILES string of the molecule is O=C(Nc1cccc(Cl)c1)C1CC(C2CCCCCCCC2)CO1. The van der Waals surface area contributed by atoms with Gasteiger partial charge in [0, 0.05) is 10.7 Å². The van der Waals surface area contributed by atoms with Crippen LogP contribution in [0.5, 0.6) is 0 Å². The minimum atomic E-state index is -0.318. The van der Waals surface area contributed by atoms with Gasteiger partial charge in [0.2, 0.25) is 0 Å². The monoisotopic (exact) mass is 349 g/mol. The summed E-state index contributed by atoms with van der Waals surface area (Å²) in [5, 5.41) is 3.56. The number of hydrogen-bond acceptors (Lipinski definition) is 2. The zero-order valence-electron chi connectivity index (χ0n) is 14.3. The maximum atomic E-state index is 12.5. The minimum absolute atomic E-state index is 0.0390. The molecule has 0 aromatic heterocycles. The first-order chi connectivity index (χ1) is 11.7. The van der Waals surface area contributed by atoms with Crippen molar-refractivity contribution in [3.05, 3.63) is 29.3 Å². The number of amides is 1. The Kier molecular flexibility index (Phi) is 6.56. The first-order valence-corrected chi connectivity index (χ1v) is 9.78. The number of halogens is 1. The molecule has 0 bridgehead atoms. The standard InChI is InChI=1S/C20H28ClNO2/c21-17-10-7-11-18(13-17)22-20(23)19-12-16(14-24-19)15-8-5-3-1-2-4-6-9-15/h7,10-11,13,15-16,19H,1-6,8-9,12,14H2,(H,22,23). The first kappa shape index (κ1) is 17.8. The van der Waals surface area contributed by atoms with Crippen molar-refractivity contribution >= 4 is 23.2 Å². The number of nitrogens with one attached hydrogen (secondary N) is 1. The number of carbonyl (C=O) groups is 1. The normalized spacial score (nSPS) is 26.4. The fraction of sp³-hybridized carbons (Fsp3) is 0.650. The van der Waals surface area contributed by atoms with Crippen molar-refractivity contribution in [2.24, 2.45) is 11.8 Å². The van der Waals surface area contributed by atoms with Crippen LogP contribution >= 0.6 is 11.6 Å². The van der Waals surface area contributed by atoms with E-state index in [1.807, 2.05) is 12.1 Å². The van der Waals surface area contributed by atoms with Crippen LogP contribution in [0.3, 0.4) is 0 Å². The van der Waals surface area contributed by atoms with Crippen molar-refractivity contribution in [3.63, 3.8) is 0 Å².